The molecule has 1 N–H and O–H groups in total. The number of hydrogen-bond acceptors (Lipinski definition) is 6. The van der Waals surface area contributed by atoms with Crippen molar-refractivity contribution in [3.63, 3.8) is 0 Å². The minimum Gasteiger partial charge on any atom is -0.496 e. The summed E-state index contributed by atoms with van der Waals surface area (Å²) in [5.74, 6) is 2.22. The average molecular weight is 449 g/mol. The van der Waals surface area contributed by atoms with E-state index in [1.54, 1.807) is 24.8 Å². The van der Waals surface area contributed by atoms with E-state index in [4.69, 9.17) is 21.1 Å². The summed E-state index contributed by atoms with van der Waals surface area (Å²) in [4.78, 5) is 5.57. The Hall–Kier alpha value is -3.29. The van der Waals surface area contributed by atoms with Crippen LogP contribution >= 0.6 is 22.9 Å². The van der Waals surface area contributed by atoms with Gasteiger partial charge in [0.05, 0.1) is 12.8 Å². The standard InChI is InChI=1S/C23H17ClN4O2S/c1-29-16-6-3-2-5-14(16)21-19-20(27-23-25-12-26-28(21)23)15-11-13(24)8-9-17(15)30-22(19)18-7-4-10-31-18/h2-12,21-22H,1H3,(H,25,26,27)/t21-,22+/m0/s1. The molecule has 0 aliphatic carbocycles. The molecule has 0 amide bonds. The predicted octanol–water partition coefficient (Wildman–Crippen LogP) is 5.56. The minimum absolute atomic E-state index is 0.260. The van der Waals surface area contributed by atoms with E-state index >= 15 is 0 Å². The molecule has 6 rings (SSSR count). The van der Waals surface area contributed by atoms with Crippen LogP contribution in [0.25, 0.3) is 5.70 Å². The molecule has 2 aromatic heterocycles. The number of para-hydroxylation sites is 1. The van der Waals surface area contributed by atoms with Crippen molar-refractivity contribution < 1.29 is 9.47 Å². The fourth-order valence-corrected chi connectivity index (χ4v) is 5.25. The monoisotopic (exact) mass is 448 g/mol. The number of ether oxygens (including phenoxy) is 2. The van der Waals surface area contributed by atoms with Crippen LogP contribution in [0, 0.1) is 0 Å². The molecule has 154 valence electrons. The predicted molar refractivity (Wildman–Crippen MR) is 121 cm³/mol. The maximum absolute atomic E-state index is 6.57. The van der Waals surface area contributed by atoms with Gasteiger partial charge in [-0.05, 0) is 35.7 Å². The van der Waals surface area contributed by atoms with Gasteiger partial charge in [0.15, 0.2) is 6.10 Å². The van der Waals surface area contributed by atoms with Crippen molar-refractivity contribution in [2.75, 3.05) is 12.4 Å². The fourth-order valence-electron chi connectivity index (χ4n) is 4.31. The van der Waals surface area contributed by atoms with E-state index in [0.717, 1.165) is 38.8 Å². The lowest BCUT2D eigenvalue weighted by atomic mass is 9.86. The van der Waals surface area contributed by atoms with Crippen molar-refractivity contribution in [1.82, 2.24) is 14.8 Å². The highest BCUT2D eigenvalue weighted by molar-refractivity contribution is 7.10. The average Bonchev–Trinajstić information content (AvgIpc) is 3.49. The van der Waals surface area contributed by atoms with E-state index in [2.05, 4.69) is 32.9 Å². The smallest absolute Gasteiger partial charge is 0.226 e. The topological polar surface area (TPSA) is 61.2 Å². The van der Waals surface area contributed by atoms with Gasteiger partial charge in [-0.25, -0.2) is 4.68 Å². The van der Waals surface area contributed by atoms with Crippen LogP contribution in [0.4, 0.5) is 5.95 Å². The number of aromatic nitrogens is 3. The minimum atomic E-state index is -0.288. The van der Waals surface area contributed by atoms with Gasteiger partial charge in [0, 0.05) is 26.6 Å². The highest BCUT2D eigenvalue weighted by Crippen LogP contribution is 2.52. The van der Waals surface area contributed by atoms with Crippen LogP contribution in [-0.2, 0) is 0 Å². The van der Waals surface area contributed by atoms with Gasteiger partial charge in [0.25, 0.3) is 0 Å². The summed E-state index contributed by atoms with van der Waals surface area (Å²) in [7, 11) is 1.68. The second-order valence-electron chi connectivity index (χ2n) is 7.28. The van der Waals surface area contributed by atoms with Gasteiger partial charge in [0.1, 0.15) is 23.9 Å². The molecule has 2 aromatic carbocycles. The van der Waals surface area contributed by atoms with Crippen LogP contribution in [0.3, 0.4) is 0 Å². The summed E-state index contributed by atoms with van der Waals surface area (Å²) in [6.45, 7) is 0. The summed E-state index contributed by atoms with van der Waals surface area (Å²) < 4.78 is 14.2. The number of methoxy groups -OCH3 is 1. The zero-order valence-electron chi connectivity index (χ0n) is 16.4. The van der Waals surface area contributed by atoms with Crippen molar-refractivity contribution in [3.05, 3.63) is 92.9 Å². The van der Waals surface area contributed by atoms with Gasteiger partial charge < -0.3 is 14.8 Å². The van der Waals surface area contributed by atoms with Crippen LogP contribution in [-0.4, -0.2) is 21.9 Å². The fraction of sp³-hybridized carbons (Fsp3) is 0.130. The van der Waals surface area contributed by atoms with Crippen molar-refractivity contribution in [2.24, 2.45) is 0 Å². The number of halogens is 1. The summed E-state index contributed by atoms with van der Waals surface area (Å²) in [6, 6.07) is 17.6. The van der Waals surface area contributed by atoms with Gasteiger partial charge in [-0.15, -0.1) is 11.3 Å². The van der Waals surface area contributed by atoms with Gasteiger partial charge >= 0.3 is 0 Å². The number of anilines is 1. The Kier molecular flexibility index (Phi) is 4.26. The molecule has 0 fully saturated rings. The molecule has 0 saturated heterocycles. The van der Waals surface area contributed by atoms with Gasteiger partial charge in [-0.1, -0.05) is 35.9 Å². The quantitative estimate of drug-likeness (QED) is 0.444. The zero-order valence-corrected chi connectivity index (χ0v) is 18.0. The van der Waals surface area contributed by atoms with Gasteiger partial charge in [-0.3, -0.25) is 0 Å². The van der Waals surface area contributed by atoms with Crippen LogP contribution in [0.5, 0.6) is 11.5 Å². The number of hydrogen-bond donors (Lipinski definition) is 1. The largest absolute Gasteiger partial charge is 0.496 e. The molecule has 0 unspecified atom stereocenters. The van der Waals surface area contributed by atoms with E-state index in [-0.39, 0.29) is 12.1 Å². The summed E-state index contributed by atoms with van der Waals surface area (Å²) in [6.07, 6.45) is 1.27. The SMILES string of the molecule is COc1ccccc1[C@H]1C2=C(Nc3ncnn31)c1cc(Cl)ccc1O[C@@H]2c1cccs1. The lowest BCUT2D eigenvalue weighted by Crippen LogP contribution is -2.32. The molecule has 6 nitrogen and oxygen atoms in total. The Morgan fingerprint density at radius 3 is 2.90 bits per heavy atom. The van der Waals surface area contributed by atoms with Gasteiger partial charge in [-0.2, -0.15) is 10.1 Å². The Balaban J connectivity index is 1.67. The summed E-state index contributed by atoms with van der Waals surface area (Å²) in [5, 5.41) is 10.7. The van der Waals surface area contributed by atoms with Crippen molar-refractivity contribution in [2.45, 2.75) is 12.1 Å². The third-order valence-electron chi connectivity index (χ3n) is 5.61. The maximum atomic E-state index is 6.57. The number of nitrogens with one attached hydrogen (secondary N) is 1. The number of nitrogens with zero attached hydrogens (tertiary/aromatic N) is 3. The first kappa shape index (κ1) is 18.5. The Morgan fingerprint density at radius 1 is 1.16 bits per heavy atom. The number of benzene rings is 2. The second kappa shape index (κ2) is 7.14. The van der Waals surface area contributed by atoms with E-state index in [1.165, 1.54) is 0 Å². The van der Waals surface area contributed by atoms with Gasteiger partial charge in [0.2, 0.25) is 5.95 Å². The Labute approximate surface area is 187 Å². The highest BCUT2D eigenvalue weighted by Gasteiger charge is 2.42. The number of thiophene rings is 1. The van der Waals surface area contributed by atoms with Crippen LogP contribution in [0.1, 0.15) is 28.1 Å². The van der Waals surface area contributed by atoms with E-state index in [1.807, 2.05) is 47.1 Å². The first-order valence-electron chi connectivity index (χ1n) is 9.78. The Bertz CT molecular complexity index is 1310. The lowest BCUT2D eigenvalue weighted by Gasteiger charge is -2.38. The maximum Gasteiger partial charge on any atom is 0.226 e. The molecule has 0 saturated carbocycles. The second-order valence-corrected chi connectivity index (χ2v) is 8.70. The van der Waals surface area contributed by atoms with Crippen molar-refractivity contribution in [1.29, 1.82) is 0 Å². The lowest BCUT2D eigenvalue weighted by molar-refractivity contribution is 0.226. The van der Waals surface area contributed by atoms with E-state index < -0.39 is 0 Å². The van der Waals surface area contributed by atoms with Crippen LogP contribution in [0.15, 0.2) is 71.9 Å². The van der Waals surface area contributed by atoms with Crippen molar-refractivity contribution >= 4 is 34.6 Å². The Morgan fingerprint density at radius 2 is 2.06 bits per heavy atom. The molecule has 0 bridgehead atoms. The molecule has 4 heterocycles. The molecule has 8 heteroatoms. The van der Waals surface area contributed by atoms with Crippen molar-refractivity contribution in [3.8, 4) is 11.5 Å². The zero-order chi connectivity index (χ0) is 20.9. The molecule has 4 aromatic rings. The molecule has 2 aliphatic rings. The molecular weight excluding hydrogens is 432 g/mol. The normalized spacial score (nSPS) is 19.0. The molecule has 0 radical (unpaired) electrons. The molecule has 2 aliphatic heterocycles. The third kappa shape index (κ3) is 2.85. The third-order valence-corrected chi connectivity index (χ3v) is 6.76. The highest BCUT2D eigenvalue weighted by atomic mass is 35.5. The first-order chi connectivity index (χ1) is 15.2. The first-order valence-corrected chi connectivity index (χ1v) is 11.0. The molecular formula is C23H17ClN4O2S. The van der Waals surface area contributed by atoms with E-state index in [9.17, 15) is 0 Å². The van der Waals surface area contributed by atoms with E-state index in [0.29, 0.717) is 11.0 Å². The summed E-state index contributed by atoms with van der Waals surface area (Å²) in [5.41, 5.74) is 3.88. The van der Waals surface area contributed by atoms with Crippen LogP contribution < -0.4 is 14.8 Å². The summed E-state index contributed by atoms with van der Waals surface area (Å²) >= 11 is 8.03. The molecule has 31 heavy (non-hydrogen) atoms. The molecule has 0 spiro atoms. The number of fused-ring (bicyclic) bond motifs is 3. The molecule has 2 atom stereocenters. The number of rotatable bonds is 3. The van der Waals surface area contributed by atoms with Crippen LogP contribution in [0.2, 0.25) is 5.02 Å².